The maximum absolute atomic E-state index is 11.4. The molecule has 0 aliphatic carbocycles. The van der Waals surface area contributed by atoms with Gasteiger partial charge in [0, 0.05) is 27.7 Å². The van der Waals surface area contributed by atoms with Crippen LogP contribution in [0.1, 0.15) is 34.6 Å². The molecule has 3 unspecified atom stereocenters. The summed E-state index contributed by atoms with van der Waals surface area (Å²) in [6, 6.07) is 0. The lowest BCUT2D eigenvalue weighted by Crippen LogP contribution is -2.61. The Bertz CT molecular complexity index is 487. The average molecular weight is 332 g/mol. The van der Waals surface area contributed by atoms with E-state index in [4.69, 9.17) is 23.7 Å². The molecule has 9 nitrogen and oxygen atoms in total. The number of rotatable bonds is 4. The molecule has 1 aliphatic heterocycles. The smallest absolute Gasteiger partial charge is 0.305 e. The van der Waals surface area contributed by atoms with E-state index in [9.17, 15) is 19.2 Å². The Morgan fingerprint density at radius 3 is 1.48 bits per heavy atom. The van der Waals surface area contributed by atoms with E-state index in [1.165, 1.54) is 6.92 Å². The second-order valence-electron chi connectivity index (χ2n) is 5.04. The lowest BCUT2D eigenvalue weighted by atomic mass is 9.99. The van der Waals surface area contributed by atoms with Crippen LogP contribution in [0.5, 0.6) is 0 Å². The zero-order valence-electron chi connectivity index (χ0n) is 13.6. The molecule has 0 aromatic rings. The zero-order valence-corrected chi connectivity index (χ0v) is 13.6. The van der Waals surface area contributed by atoms with Gasteiger partial charge >= 0.3 is 23.9 Å². The monoisotopic (exact) mass is 332 g/mol. The molecular formula is C14H20O9. The van der Waals surface area contributed by atoms with E-state index in [-0.39, 0.29) is 0 Å². The number of carbonyl (C=O) groups is 4. The molecule has 0 aromatic heterocycles. The van der Waals surface area contributed by atoms with Gasteiger partial charge in [0.05, 0.1) is 6.10 Å². The maximum atomic E-state index is 11.4. The normalized spacial score (nSPS) is 30.0. The molecule has 0 bridgehead atoms. The van der Waals surface area contributed by atoms with E-state index in [2.05, 4.69) is 0 Å². The number of ether oxygens (including phenoxy) is 5. The van der Waals surface area contributed by atoms with Crippen LogP contribution in [0.4, 0.5) is 0 Å². The third kappa shape index (κ3) is 5.51. The quantitative estimate of drug-likeness (QED) is 0.521. The fourth-order valence-corrected chi connectivity index (χ4v) is 2.23. The number of carbonyl (C=O) groups excluding carboxylic acids is 4. The number of hydrogen-bond donors (Lipinski definition) is 0. The lowest BCUT2D eigenvalue weighted by Gasteiger charge is -2.42. The molecular weight excluding hydrogens is 312 g/mol. The molecule has 5 atom stereocenters. The van der Waals surface area contributed by atoms with Crippen LogP contribution in [0.3, 0.4) is 0 Å². The summed E-state index contributed by atoms with van der Waals surface area (Å²) in [6.45, 7) is 6.16. The predicted octanol–water partition coefficient (Wildman–Crippen LogP) is 0.0894. The van der Waals surface area contributed by atoms with Crippen LogP contribution in [0, 0.1) is 0 Å². The van der Waals surface area contributed by atoms with E-state index >= 15 is 0 Å². The van der Waals surface area contributed by atoms with Gasteiger partial charge in [-0.1, -0.05) is 0 Å². The topological polar surface area (TPSA) is 114 Å². The summed E-state index contributed by atoms with van der Waals surface area (Å²) in [4.78, 5) is 45.1. The molecule has 1 heterocycles. The Morgan fingerprint density at radius 2 is 1.04 bits per heavy atom. The number of esters is 4. The Morgan fingerprint density at radius 1 is 0.652 bits per heavy atom. The minimum atomic E-state index is -1.29. The van der Waals surface area contributed by atoms with Gasteiger partial charge in [0.2, 0.25) is 12.4 Å². The van der Waals surface area contributed by atoms with E-state index < -0.39 is 54.6 Å². The summed E-state index contributed by atoms with van der Waals surface area (Å²) < 4.78 is 25.7. The van der Waals surface area contributed by atoms with Crippen molar-refractivity contribution in [2.75, 3.05) is 0 Å². The van der Waals surface area contributed by atoms with Crippen molar-refractivity contribution in [3.63, 3.8) is 0 Å². The van der Waals surface area contributed by atoms with Crippen molar-refractivity contribution >= 4 is 23.9 Å². The van der Waals surface area contributed by atoms with Gasteiger partial charge in [-0.2, -0.15) is 0 Å². The Kier molecular flexibility index (Phi) is 6.49. The van der Waals surface area contributed by atoms with Gasteiger partial charge < -0.3 is 23.7 Å². The maximum Gasteiger partial charge on any atom is 0.305 e. The summed E-state index contributed by atoms with van der Waals surface area (Å²) in [7, 11) is 0. The summed E-state index contributed by atoms with van der Waals surface area (Å²) in [5.74, 6) is -2.69. The fraction of sp³-hybridized carbons (Fsp3) is 0.714. The van der Waals surface area contributed by atoms with Crippen molar-refractivity contribution in [1.82, 2.24) is 0 Å². The molecule has 1 saturated heterocycles. The molecule has 9 heteroatoms. The molecule has 0 spiro atoms. The first-order valence-corrected chi connectivity index (χ1v) is 6.96. The fourth-order valence-electron chi connectivity index (χ4n) is 2.23. The summed E-state index contributed by atoms with van der Waals surface area (Å²) >= 11 is 0. The molecule has 0 N–H and O–H groups in total. The minimum Gasteiger partial charge on any atom is -0.456 e. The van der Waals surface area contributed by atoms with Crippen LogP contribution < -0.4 is 0 Å². The van der Waals surface area contributed by atoms with Gasteiger partial charge in [0.25, 0.3) is 0 Å². The summed E-state index contributed by atoms with van der Waals surface area (Å²) in [6.07, 6.45) is -5.51. The second kappa shape index (κ2) is 7.91. The first kappa shape index (κ1) is 18.9. The van der Waals surface area contributed by atoms with Gasteiger partial charge in [-0.15, -0.1) is 0 Å². The summed E-state index contributed by atoms with van der Waals surface area (Å²) in [5.41, 5.74) is 0. The summed E-state index contributed by atoms with van der Waals surface area (Å²) in [5, 5.41) is 0. The van der Waals surface area contributed by atoms with Crippen LogP contribution in [-0.4, -0.2) is 54.6 Å². The van der Waals surface area contributed by atoms with E-state index in [0.29, 0.717) is 0 Å². The van der Waals surface area contributed by atoms with Crippen LogP contribution in [-0.2, 0) is 42.9 Å². The van der Waals surface area contributed by atoms with Crippen molar-refractivity contribution < 1.29 is 42.9 Å². The molecule has 1 fully saturated rings. The van der Waals surface area contributed by atoms with Crippen molar-refractivity contribution in [3.05, 3.63) is 0 Å². The van der Waals surface area contributed by atoms with Crippen molar-refractivity contribution in [2.24, 2.45) is 0 Å². The van der Waals surface area contributed by atoms with Gasteiger partial charge in [-0.3, -0.25) is 19.2 Å². The van der Waals surface area contributed by atoms with Crippen molar-refractivity contribution in [3.8, 4) is 0 Å². The molecule has 23 heavy (non-hydrogen) atoms. The Hall–Kier alpha value is -2.16. The molecule has 0 amide bonds. The standard InChI is InChI=1S/C14H20O9/c1-6-11(20-7(2)15)12(21-8(3)16)13(22-9(4)17)14(19-6)23-10(5)18/h6,11-14H,1-5H3/t6?,11-,12+,13?,14?/m0/s1. The third-order valence-corrected chi connectivity index (χ3v) is 2.92. The van der Waals surface area contributed by atoms with Crippen LogP contribution in [0.15, 0.2) is 0 Å². The second-order valence-corrected chi connectivity index (χ2v) is 5.04. The highest BCUT2D eigenvalue weighted by Gasteiger charge is 2.51. The van der Waals surface area contributed by atoms with Crippen molar-refractivity contribution in [2.45, 2.75) is 65.3 Å². The molecule has 0 radical (unpaired) electrons. The number of hydrogen-bond acceptors (Lipinski definition) is 9. The Balaban J connectivity index is 3.15. The van der Waals surface area contributed by atoms with Crippen molar-refractivity contribution in [1.29, 1.82) is 0 Å². The average Bonchev–Trinajstić information content (AvgIpc) is 2.36. The van der Waals surface area contributed by atoms with Gasteiger partial charge in [-0.05, 0) is 6.92 Å². The minimum absolute atomic E-state index is 0.630. The highest BCUT2D eigenvalue weighted by Crippen LogP contribution is 2.29. The lowest BCUT2D eigenvalue weighted by molar-refractivity contribution is -0.292. The SMILES string of the molecule is CC(=O)OC1OC(C)[C@H](OC(C)=O)[C@@H](OC(C)=O)C1OC(C)=O. The Labute approximate surface area is 133 Å². The highest BCUT2D eigenvalue weighted by molar-refractivity contribution is 5.69. The van der Waals surface area contributed by atoms with Gasteiger partial charge in [0.15, 0.2) is 12.2 Å². The van der Waals surface area contributed by atoms with E-state index in [1.807, 2.05) is 0 Å². The molecule has 0 saturated carbocycles. The van der Waals surface area contributed by atoms with Crippen LogP contribution in [0.2, 0.25) is 0 Å². The van der Waals surface area contributed by atoms with E-state index in [0.717, 1.165) is 20.8 Å². The molecule has 1 aliphatic rings. The first-order valence-electron chi connectivity index (χ1n) is 6.96. The first-order chi connectivity index (χ1) is 10.6. The van der Waals surface area contributed by atoms with Crippen LogP contribution >= 0.6 is 0 Å². The third-order valence-electron chi connectivity index (χ3n) is 2.92. The highest BCUT2D eigenvalue weighted by atomic mass is 16.7. The molecule has 130 valence electrons. The van der Waals surface area contributed by atoms with E-state index in [1.54, 1.807) is 6.92 Å². The largest absolute Gasteiger partial charge is 0.456 e. The predicted molar refractivity (Wildman–Crippen MR) is 72.8 cm³/mol. The molecule has 0 aromatic carbocycles. The molecule has 1 rings (SSSR count). The van der Waals surface area contributed by atoms with Crippen LogP contribution in [0.25, 0.3) is 0 Å². The zero-order chi connectivity index (χ0) is 17.7. The van der Waals surface area contributed by atoms with Gasteiger partial charge in [0.1, 0.15) is 0 Å². The van der Waals surface area contributed by atoms with Gasteiger partial charge in [-0.25, -0.2) is 0 Å².